The summed E-state index contributed by atoms with van der Waals surface area (Å²) in [6, 6.07) is 5.64. The maximum atomic E-state index is 12.3. The van der Waals surface area contributed by atoms with Crippen LogP contribution >= 0.6 is 23.4 Å². The van der Waals surface area contributed by atoms with Crippen molar-refractivity contribution in [3.8, 4) is 0 Å². The summed E-state index contributed by atoms with van der Waals surface area (Å²) in [5, 5.41) is 0.508. The molecule has 0 bridgehead atoms. The minimum atomic E-state index is -0.0150. The van der Waals surface area contributed by atoms with Crippen LogP contribution < -0.4 is 5.73 Å². The molecule has 1 aliphatic rings. The third-order valence-corrected chi connectivity index (χ3v) is 3.97. The number of nitrogens with two attached hydrogens (primary N) is 1. The molecule has 2 rings (SSSR count). The topological polar surface area (TPSA) is 46.3 Å². The number of thioether (sulfide) groups is 1. The Bertz CT molecular complexity index is 439. The van der Waals surface area contributed by atoms with Crippen LogP contribution in [-0.2, 0) is 0 Å². The molecule has 0 aromatic heterocycles. The van der Waals surface area contributed by atoms with Crippen LogP contribution in [0.4, 0.5) is 0 Å². The Morgan fingerprint density at radius 2 is 2.35 bits per heavy atom. The van der Waals surface area contributed by atoms with Crippen molar-refractivity contribution in [2.75, 3.05) is 19.3 Å². The van der Waals surface area contributed by atoms with E-state index < -0.39 is 0 Å². The van der Waals surface area contributed by atoms with E-state index in [2.05, 4.69) is 0 Å². The molecule has 3 nitrogen and oxygen atoms in total. The van der Waals surface area contributed by atoms with Gasteiger partial charge >= 0.3 is 0 Å². The highest BCUT2D eigenvalue weighted by Crippen LogP contribution is 2.25. The monoisotopic (exact) mass is 270 g/mol. The zero-order valence-electron chi connectivity index (χ0n) is 9.65. The van der Waals surface area contributed by atoms with Crippen molar-refractivity contribution >= 4 is 29.3 Å². The number of carbonyl (C=O) groups excluding carboxylic acids is 1. The van der Waals surface area contributed by atoms with Gasteiger partial charge in [-0.1, -0.05) is 11.6 Å². The van der Waals surface area contributed by atoms with Gasteiger partial charge in [-0.15, -0.1) is 11.8 Å². The molecule has 1 fully saturated rings. The molecule has 92 valence electrons. The van der Waals surface area contributed by atoms with Gasteiger partial charge in [-0.2, -0.15) is 0 Å². The fraction of sp³-hybridized carbons (Fsp3) is 0.417. The predicted molar refractivity (Wildman–Crippen MR) is 71.7 cm³/mol. The van der Waals surface area contributed by atoms with E-state index >= 15 is 0 Å². The Hall–Kier alpha value is -0.710. The van der Waals surface area contributed by atoms with Gasteiger partial charge in [0.2, 0.25) is 0 Å². The summed E-state index contributed by atoms with van der Waals surface area (Å²) in [6.45, 7) is 1.35. The Balaban J connectivity index is 2.24. The number of carbonyl (C=O) groups is 1. The molecule has 17 heavy (non-hydrogen) atoms. The molecule has 1 aromatic rings. The van der Waals surface area contributed by atoms with Gasteiger partial charge in [0.1, 0.15) is 0 Å². The van der Waals surface area contributed by atoms with Gasteiger partial charge in [-0.05, 0) is 30.9 Å². The number of benzene rings is 1. The van der Waals surface area contributed by atoms with Crippen molar-refractivity contribution in [3.05, 3.63) is 28.8 Å². The number of hydrogen-bond acceptors (Lipinski definition) is 3. The van der Waals surface area contributed by atoms with Crippen LogP contribution in [-0.4, -0.2) is 36.2 Å². The fourth-order valence-corrected chi connectivity index (χ4v) is 2.58. The minimum absolute atomic E-state index is 0.0150. The molecule has 1 saturated heterocycles. The van der Waals surface area contributed by atoms with Crippen LogP contribution in [0.2, 0.25) is 5.02 Å². The molecule has 2 N–H and O–H groups in total. The SMILES string of the molecule is CSc1ccc(Cl)c(C(=O)N2CC[C@@H](N)C2)c1. The van der Waals surface area contributed by atoms with E-state index in [0.29, 0.717) is 17.1 Å². The first-order valence-electron chi connectivity index (χ1n) is 5.50. The van der Waals surface area contributed by atoms with Crippen LogP contribution in [0.5, 0.6) is 0 Å². The molecule has 1 atom stereocenters. The number of nitrogens with zero attached hydrogens (tertiary/aromatic N) is 1. The zero-order valence-corrected chi connectivity index (χ0v) is 11.2. The highest BCUT2D eigenvalue weighted by molar-refractivity contribution is 7.98. The molecule has 1 heterocycles. The lowest BCUT2D eigenvalue weighted by Crippen LogP contribution is -2.32. The summed E-state index contributed by atoms with van der Waals surface area (Å²) in [7, 11) is 0. The Kier molecular flexibility index (Phi) is 3.97. The van der Waals surface area contributed by atoms with E-state index in [0.717, 1.165) is 17.9 Å². The van der Waals surface area contributed by atoms with Crippen LogP contribution in [0.1, 0.15) is 16.8 Å². The lowest BCUT2D eigenvalue weighted by molar-refractivity contribution is 0.0791. The molecule has 1 aromatic carbocycles. The lowest BCUT2D eigenvalue weighted by atomic mass is 10.2. The van der Waals surface area contributed by atoms with E-state index in [1.165, 1.54) is 0 Å². The Morgan fingerprint density at radius 1 is 1.59 bits per heavy atom. The average molecular weight is 271 g/mol. The number of likely N-dealkylation sites (tertiary alicyclic amines) is 1. The Labute approximate surface area is 110 Å². The lowest BCUT2D eigenvalue weighted by Gasteiger charge is -2.17. The second kappa shape index (κ2) is 5.29. The van der Waals surface area contributed by atoms with Crippen molar-refractivity contribution in [2.45, 2.75) is 17.4 Å². The van der Waals surface area contributed by atoms with Gasteiger partial charge in [0.15, 0.2) is 0 Å². The maximum Gasteiger partial charge on any atom is 0.255 e. The normalized spacial score (nSPS) is 19.7. The smallest absolute Gasteiger partial charge is 0.255 e. The molecule has 0 spiro atoms. The van der Waals surface area contributed by atoms with Crippen LogP contribution in [0, 0.1) is 0 Å². The summed E-state index contributed by atoms with van der Waals surface area (Å²) in [5.41, 5.74) is 6.38. The van der Waals surface area contributed by atoms with Gasteiger partial charge < -0.3 is 10.6 Å². The first-order valence-corrected chi connectivity index (χ1v) is 7.10. The second-order valence-electron chi connectivity index (χ2n) is 4.15. The number of hydrogen-bond donors (Lipinski definition) is 1. The highest BCUT2D eigenvalue weighted by atomic mass is 35.5. The summed E-state index contributed by atoms with van der Waals surface area (Å²) >= 11 is 7.67. The third kappa shape index (κ3) is 2.76. The summed E-state index contributed by atoms with van der Waals surface area (Å²) in [4.78, 5) is 15.1. The minimum Gasteiger partial charge on any atom is -0.337 e. The van der Waals surface area contributed by atoms with Gasteiger partial charge in [0, 0.05) is 24.0 Å². The number of rotatable bonds is 2. The first kappa shape index (κ1) is 12.7. The van der Waals surface area contributed by atoms with Crippen molar-refractivity contribution in [3.63, 3.8) is 0 Å². The largest absolute Gasteiger partial charge is 0.337 e. The average Bonchev–Trinajstić information content (AvgIpc) is 2.76. The van der Waals surface area contributed by atoms with Gasteiger partial charge in [-0.25, -0.2) is 0 Å². The number of amides is 1. The standard InChI is InChI=1S/C12H15ClN2OS/c1-17-9-2-3-11(13)10(6-9)12(16)15-5-4-8(14)7-15/h2-3,6,8H,4-5,7,14H2,1H3/t8-/m1/s1. The van der Waals surface area contributed by atoms with E-state index in [9.17, 15) is 4.79 Å². The van der Waals surface area contributed by atoms with Crippen molar-refractivity contribution in [1.29, 1.82) is 0 Å². The highest BCUT2D eigenvalue weighted by Gasteiger charge is 2.25. The van der Waals surface area contributed by atoms with E-state index in [4.69, 9.17) is 17.3 Å². The molecule has 1 aliphatic heterocycles. The molecule has 0 radical (unpaired) electrons. The van der Waals surface area contributed by atoms with Crippen LogP contribution in [0.3, 0.4) is 0 Å². The summed E-state index contributed by atoms with van der Waals surface area (Å²) in [6.07, 6.45) is 2.84. The van der Waals surface area contributed by atoms with E-state index in [1.807, 2.05) is 18.4 Å². The predicted octanol–water partition coefficient (Wildman–Crippen LogP) is 2.24. The summed E-state index contributed by atoms with van der Waals surface area (Å²) < 4.78 is 0. The van der Waals surface area contributed by atoms with Crippen molar-refractivity contribution in [2.24, 2.45) is 5.73 Å². The van der Waals surface area contributed by atoms with Gasteiger partial charge in [0.05, 0.1) is 10.6 Å². The Morgan fingerprint density at radius 3 is 2.94 bits per heavy atom. The van der Waals surface area contributed by atoms with Gasteiger partial charge in [-0.3, -0.25) is 4.79 Å². The molecular weight excluding hydrogens is 256 g/mol. The van der Waals surface area contributed by atoms with E-state index in [1.54, 1.807) is 22.7 Å². The maximum absolute atomic E-state index is 12.3. The number of halogens is 1. The van der Waals surface area contributed by atoms with Crippen LogP contribution in [0.15, 0.2) is 23.1 Å². The zero-order chi connectivity index (χ0) is 12.4. The first-order chi connectivity index (χ1) is 8.11. The van der Waals surface area contributed by atoms with Crippen molar-refractivity contribution < 1.29 is 4.79 Å². The third-order valence-electron chi connectivity index (χ3n) is 2.92. The molecule has 5 heteroatoms. The molecule has 0 unspecified atom stereocenters. The molecular formula is C12H15ClN2OS. The molecule has 0 saturated carbocycles. The van der Waals surface area contributed by atoms with Crippen LogP contribution in [0.25, 0.3) is 0 Å². The van der Waals surface area contributed by atoms with E-state index in [-0.39, 0.29) is 11.9 Å². The van der Waals surface area contributed by atoms with Crippen molar-refractivity contribution in [1.82, 2.24) is 4.90 Å². The summed E-state index contributed by atoms with van der Waals surface area (Å²) in [5.74, 6) is -0.0150. The second-order valence-corrected chi connectivity index (χ2v) is 5.43. The van der Waals surface area contributed by atoms with Gasteiger partial charge in [0.25, 0.3) is 5.91 Å². The fourth-order valence-electron chi connectivity index (χ4n) is 1.94. The molecule has 1 amide bonds. The molecule has 0 aliphatic carbocycles. The quantitative estimate of drug-likeness (QED) is 0.839.